The number of hydrogen-bond acceptors (Lipinski definition) is 2. The number of hydrogen-bond donors (Lipinski definition) is 1. The van der Waals surface area contributed by atoms with Gasteiger partial charge in [0.25, 0.3) is 0 Å². The van der Waals surface area contributed by atoms with Crippen LogP contribution in [-0.4, -0.2) is 11.9 Å². The summed E-state index contributed by atoms with van der Waals surface area (Å²) in [7, 11) is 0. The van der Waals surface area contributed by atoms with E-state index < -0.39 is 0 Å². The normalized spacial score (nSPS) is 10.4. The van der Waals surface area contributed by atoms with Gasteiger partial charge in [0.15, 0.2) is 0 Å². The minimum atomic E-state index is 0.741. The summed E-state index contributed by atoms with van der Waals surface area (Å²) in [4.78, 5) is 4.05. The Bertz CT molecular complexity index is 155. The number of nitrogens with zero attached hydrogens (tertiary/aromatic N) is 1. The standard InChI is InChI=1S/C7H12N2.2C2H6/c1-4-6(2)9-7(3)5-8;2*1-2/h4-5,8H,1-3H3;2*1-2H3/b6-4-,8-5?,9-7?;;. The second kappa shape index (κ2) is 17.2. The topological polar surface area (TPSA) is 36.2 Å². The zero-order valence-corrected chi connectivity index (χ0v) is 10.1. The van der Waals surface area contributed by atoms with Gasteiger partial charge >= 0.3 is 0 Å². The van der Waals surface area contributed by atoms with Crippen LogP contribution in [0.5, 0.6) is 0 Å². The largest absolute Gasteiger partial charge is 0.307 e. The molecule has 0 radical (unpaired) electrons. The first-order valence-corrected chi connectivity index (χ1v) is 4.89. The molecule has 0 bridgehead atoms. The van der Waals surface area contributed by atoms with Crippen molar-refractivity contribution in [2.45, 2.75) is 48.5 Å². The van der Waals surface area contributed by atoms with Crippen molar-refractivity contribution in [2.24, 2.45) is 4.99 Å². The maximum atomic E-state index is 6.79. The Kier molecular flexibility index (Phi) is 23.9. The molecule has 0 aromatic carbocycles. The molecule has 0 heterocycles. The van der Waals surface area contributed by atoms with Gasteiger partial charge in [0.1, 0.15) is 0 Å². The molecule has 13 heavy (non-hydrogen) atoms. The minimum absolute atomic E-state index is 0.741. The Balaban J connectivity index is -0.000000218. The van der Waals surface area contributed by atoms with Crippen molar-refractivity contribution in [2.75, 3.05) is 0 Å². The van der Waals surface area contributed by atoms with Crippen LogP contribution in [-0.2, 0) is 0 Å². The first-order chi connectivity index (χ1) is 6.20. The van der Waals surface area contributed by atoms with E-state index in [-0.39, 0.29) is 0 Å². The van der Waals surface area contributed by atoms with Crippen molar-refractivity contribution >= 4 is 11.9 Å². The first-order valence-electron chi connectivity index (χ1n) is 4.89. The second-order valence-corrected chi connectivity index (χ2v) is 1.83. The fraction of sp³-hybridized carbons (Fsp3) is 0.636. The molecular formula is C11H24N2. The van der Waals surface area contributed by atoms with Crippen LogP contribution < -0.4 is 0 Å². The lowest BCUT2D eigenvalue weighted by molar-refractivity contribution is 1.28. The van der Waals surface area contributed by atoms with Crippen LogP contribution in [0.25, 0.3) is 0 Å². The van der Waals surface area contributed by atoms with Crippen molar-refractivity contribution in [3.8, 4) is 0 Å². The lowest BCUT2D eigenvalue weighted by Gasteiger charge is -1.89. The molecule has 0 aliphatic rings. The van der Waals surface area contributed by atoms with Gasteiger partial charge in [0, 0.05) is 11.9 Å². The highest BCUT2D eigenvalue weighted by molar-refractivity contribution is 6.28. The summed E-state index contributed by atoms with van der Waals surface area (Å²) in [5.74, 6) is 0. The molecule has 0 aliphatic carbocycles. The van der Waals surface area contributed by atoms with E-state index in [1.54, 1.807) is 6.92 Å². The van der Waals surface area contributed by atoms with Gasteiger partial charge in [-0.1, -0.05) is 33.8 Å². The third-order valence-corrected chi connectivity index (χ3v) is 0.979. The van der Waals surface area contributed by atoms with E-state index in [1.165, 1.54) is 6.21 Å². The summed E-state index contributed by atoms with van der Waals surface area (Å²) in [6.07, 6.45) is 3.15. The lowest BCUT2D eigenvalue weighted by atomic mass is 10.4. The molecule has 0 fully saturated rings. The molecule has 0 rings (SSSR count). The molecule has 0 saturated carbocycles. The van der Waals surface area contributed by atoms with Gasteiger partial charge in [0.2, 0.25) is 0 Å². The summed E-state index contributed by atoms with van der Waals surface area (Å²) >= 11 is 0. The molecule has 0 saturated heterocycles. The van der Waals surface area contributed by atoms with Crippen molar-refractivity contribution in [1.82, 2.24) is 0 Å². The Morgan fingerprint density at radius 1 is 1.08 bits per heavy atom. The van der Waals surface area contributed by atoms with Crippen molar-refractivity contribution in [3.63, 3.8) is 0 Å². The molecule has 0 unspecified atom stereocenters. The number of rotatable bonds is 2. The molecule has 0 atom stereocenters. The van der Waals surface area contributed by atoms with Crippen LogP contribution in [0.15, 0.2) is 16.8 Å². The molecule has 0 spiro atoms. The van der Waals surface area contributed by atoms with Gasteiger partial charge in [-0.25, -0.2) is 0 Å². The van der Waals surface area contributed by atoms with E-state index in [2.05, 4.69) is 4.99 Å². The highest BCUT2D eigenvalue weighted by atomic mass is 14.7. The molecular weight excluding hydrogens is 160 g/mol. The summed E-state index contributed by atoms with van der Waals surface area (Å²) in [6, 6.07) is 0. The Morgan fingerprint density at radius 2 is 1.46 bits per heavy atom. The van der Waals surface area contributed by atoms with E-state index in [0.29, 0.717) is 0 Å². The average molecular weight is 184 g/mol. The van der Waals surface area contributed by atoms with Crippen LogP contribution in [0.4, 0.5) is 0 Å². The fourth-order valence-electron chi connectivity index (χ4n) is 0.375. The van der Waals surface area contributed by atoms with Crippen molar-refractivity contribution in [1.29, 1.82) is 5.41 Å². The highest BCUT2D eigenvalue weighted by Crippen LogP contribution is 1.92. The van der Waals surface area contributed by atoms with E-state index in [1.807, 2.05) is 47.6 Å². The SMILES string of the molecule is C/C=C(/C)N=C(C)C=N.CC.CC. The summed E-state index contributed by atoms with van der Waals surface area (Å²) in [5.41, 5.74) is 1.70. The number of allylic oxidation sites excluding steroid dienone is 2. The predicted octanol–water partition coefficient (Wildman–Crippen LogP) is 4.07. The van der Waals surface area contributed by atoms with Crippen LogP contribution in [0.1, 0.15) is 48.5 Å². The predicted molar refractivity (Wildman–Crippen MR) is 64.0 cm³/mol. The van der Waals surface area contributed by atoms with Gasteiger partial charge in [-0.3, -0.25) is 4.99 Å². The van der Waals surface area contributed by atoms with E-state index >= 15 is 0 Å². The Morgan fingerprint density at radius 3 is 1.69 bits per heavy atom. The van der Waals surface area contributed by atoms with Gasteiger partial charge in [-0.2, -0.15) is 0 Å². The molecule has 0 aliphatic heterocycles. The summed E-state index contributed by atoms with van der Waals surface area (Å²) in [5, 5.41) is 6.79. The molecule has 0 aromatic rings. The average Bonchev–Trinajstić information content (AvgIpc) is 2.23. The molecule has 2 heteroatoms. The molecule has 1 N–H and O–H groups in total. The number of aliphatic imine (C=N–C) groups is 1. The van der Waals surface area contributed by atoms with Gasteiger partial charge in [-0.15, -0.1) is 0 Å². The molecule has 0 amide bonds. The third-order valence-electron chi connectivity index (χ3n) is 0.979. The molecule has 78 valence electrons. The van der Waals surface area contributed by atoms with E-state index in [9.17, 15) is 0 Å². The van der Waals surface area contributed by atoms with Crippen molar-refractivity contribution in [3.05, 3.63) is 11.8 Å². The third kappa shape index (κ3) is 18.2. The maximum Gasteiger partial charge on any atom is 0.0551 e. The molecule has 2 nitrogen and oxygen atoms in total. The van der Waals surface area contributed by atoms with E-state index in [0.717, 1.165) is 11.4 Å². The zero-order valence-electron chi connectivity index (χ0n) is 10.1. The quantitative estimate of drug-likeness (QED) is 0.628. The van der Waals surface area contributed by atoms with Gasteiger partial charge < -0.3 is 5.41 Å². The Labute approximate surface area is 83.3 Å². The molecule has 0 aromatic heterocycles. The summed E-state index contributed by atoms with van der Waals surface area (Å²) < 4.78 is 0. The smallest absolute Gasteiger partial charge is 0.0551 e. The van der Waals surface area contributed by atoms with Crippen LogP contribution in [0, 0.1) is 5.41 Å². The highest BCUT2D eigenvalue weighted by Gasteiger charge is 1.81. The maximum absolute atomic E-state index is 6.79. The van der Waals surface area contributed by atoms with Crippen LogP contribution in [0.2, 0.25) is 0 Å². The van der Waals surface area contributed by atoms with Gasteiger partial charge in [0.05, 0.1) is 5.71 Å². The first kappa shape index (κ1) is 18.0. The lowest BCUT2D eigenvalue weighted by Crippen LogP contribution is -1.89. The van der Waals surface area contributed by atoms with Crippen molar-refractivity contribution < 1.29 is 0 Å². The summed E-state index contributed by atoms with van der Waals surface area (Å²) in [6.45, 7) is 13.6. The minimum Gasteiger partial charge on any atom is -0.307 e. The van der Waals surface area contributed by atoms with E-state index in [4.69, 9.17) is 5.41 Å². The van der Waals surface area contributed by atoms with Crippen LogP contribution in [0.3, 0.4) is 0 Å². The Hall–Kier alpha value is -0.920. The van der Waals surface area contributed by atoms with Crippen LogP contribution >= 0.6 is 0 Å². The second-order valence-electron chi connectivity index (χ2n) is 1.83. The fourth-order valence-corrected chi connectivity index (χ4v) is 0.375. The zero-order chi connectivity index (χ0) is 11.3. The number of nitrogens with one attached hydrogen (secondary N) is 1. The van der Waals surface area contributed by atoms with Gasteiger partial charge in [-0.05, 0) is 20.8 Å². The monoisotopic (exact) mass is 184 g/mol.